The molecule has 0 aromatic heterocycles. The first-order valence-electron chi connectivity index (χ1n) is 4.69. The lowest BCUT2D eigenvalue weighted by Crippen LogP contribution is -2.51. The van der Waals surface area contributed by atoms with E-state index in [-0.39, 0.29) is 6.61 Å². The molecule has 0 aromatic carbocycles. The molecule has 2 atom stereocenters. The summed E-state index contributed by atoms with van der Waals surface area (Å²) in [5, 5.41) is 8.99. The third kappa shape index (κ3) is 2.44. The Morgan fingerprint density at radius 1 is 1.67 bits per heavy atom. The van der Waals surface area contributed by atoms with Gasteiger partial charge in [0.1, 0.15) is 0 Å². The largest absolute Gasteiger partial charge is 0.394 e. The maximum Gasteiger partial charge on any atom is 0.0621 e. The van der Waals surface area contributed by atoms with Crippen LogP contribution in [0.25, 0.3) is 0 Å². The first kappa shape index (κ1) is 9.96. The van der Waals surface area contributed by atoms with Crippen LogP contribution >= 0.6 is 0 Å². The Bertz CT molecular complexity index is 147. The molecule has 72 valence electrons. The van der Waals surface area contributed by atoms with Crippen molar-refractivity contribution in [2.75, 3.05) is 19.7 Å². The lowest BCUT2D eigenvalue weighted by atomic mass is 10.0. The Balaban J connectivity index is 2.39. The normalized spacial score (nSPS) is 30.5. The monoisotopic (exact) mass is 172 g/mol. The van der Waals surface area contributed by atoms with Crippen molar-refractivity contribution in [1.82, 2.24) is 4.90 Å². The number of hydrogen-bond donors (Lipinski definition) is 2. The maximum atomic E-state index is 8.99. The summed E-state index contributed by atoms with van der Waals surface area (Å²) >= 11 is 0. The van der Waals surface area contributed by atoms with Gasteiger partial charge in [-0.25, -0.2) is 0 Å². The number of aliphatic hydroxyl groups excluding tert-OH is 1. The number of hydrogen-bond acceptors (Lipinski definition) is 3. The van der Waals surface area contributed by atoms with Gasteiger partial charge in [0.2, 0.25) is 0 Å². The van der Waals surface area contributed by atoms with Crippen molar-refractivity contribution in [3.63, 3.8) is 0 Å². The van der Waals surface area contributed by atoms with Crippen LogP contribution in [0, 0.1) is 0 Å². The first-order valence-corrected chi connectivity index (χ1v) is 4.69. The molecule has 1 aliphatic rings. The van der Waals surface area contributed by atoms with Crippen LogP contribution in [0.4, 0.5) is 0 Å². The molecule has 0 spiro atoms. The molecule has 3 heteroatoms. The summed E-state index contributed by atoms with van der Waals surface area (Å²) in [6.07, 6.45) is 2.53. The highest BCUT2D eigenvalue weighted by Gasteiger charge is 2.27. The zero-order valence-corrected chi connectivity index (χ0v) is 8.08. The minimum atomic E-state index is -0.432. The minimum absolute atomic E-state index is 0.0657. The Labute approximate surface area is 74.5 Å². The molecular weight excluding hydrogens is 152 g/mol. The highest BCUT2D eigenvalue weighted by atomic mass is 16.3. The topological polar surface area (TPSA) is 49.5 Å². The van der Waals surface area contributed by atoms with Gasteiger partial charge in [0.15, 0.2) is 0 Å². The lowest BCUT2D eigenvalue weighted by Gasteiger charge is -2.30. The van der Waals surface area contributed by atoms with E-state index in [2.05, 4.69) is 11.8 Å². The molecule has 1 heterocycles. The van der Waals surface area contributed by atoms with Crippen molar-refractivity contribution in [1.29, 1.82) is 0 Å². The predicted octanol–water partition coefficient (Wildman–Crippen LogP) is 0.180. The lowest BCUT2D eigenvalue weighted by molar-refractivity contribution is 0.144. The smallest absolute Gasteiger partial charge is 0.0621 e. The molecule has 3 N–H and O–H groups in total. The fourth-order valence-corrected chi connectivity index (χ4v) is 1.74. The van der Waals surface area contributed by atoms with E-state index in [1.807, 2.05) is 6.92 Å². The summed E-state index contributed by atoms with van der Waals surface area (Å²) in [7, 11) is 0. The third-order valence-electron chi connectivity index (χ3n) is 2.62. The molecule has 2 unspecified atom stereocenters. The summed E-state index contributed by atoms with van der Waals surface area (Å²) in [4.78, 5) is 2.36. The quantitative estimate of drug-likeness (QED) is 0.638. The average molecular weight is 172 g/mol. The van der Waals surface area contributed by atoms with Gasteiger partial charge < -0.3 is 10.8 Å². The minimum Gasteiger partial charge on any atom is -0.394 e. The van der Waals surface area contributed by atoms with Crippen LogP contribution in [0.2, 0.25) is 0 Å². The second kappa shape index (κ2) is 3.73. The van der Waals surface area contributed by atoms with Gasteiger partial charge in [0.25, 0.3) is 0 Å². The van der Waals surface area contributed by atoms with Crippen molar-refractivity contribution in [3.8, 4) is 0 Å². The molecule has 0 saturated carbocycles. The molecular formula is C9H20N2O. The Morgan fingerprint density at radius 3 is 2.75 bits per heavy atom. The molecule has 1 rings (SSSR count). The molecule has 0 aromatic rings. The Hall–Kier alpha value is -0.120. The molecule has 0 bridgehead atoms. The molecule has 0 aliphatic carbocycles. The van der Waals surface area contributed by atoms with Crippen LogP contribution in [0.15, 0.2) is 0 Å². The van der Waals surface area contributed by atoms with E-state index in [4.69, 9.17) is 10.8 Å². The van der Waals surface area contributed by atoms with E-state index in [1.54, 1.807) is 0 Å². The van der Waals surface area contributed by atoms with Gasteiger partial charge in [-0.05, 0) is 33.2 Å². The van der Waals surface area contributed by atoms with Crippen LogP contribution in [-0.4, -0.2) is 41.3 Å². The Morgan fingerprint density at radius 2 is 2.33 bits per heavy atom. The van der Waals surface area contributed by atoms with E-state index < -0.39 is 5.54 Å². The van der Waals surface area contributed by atoms with Crippen LogP contribution in [0.3, 0.4) is 0 Å². The van der Waals surface area contributed by atoms with Gasteiger partial charge in [-0.15, -0.1) is 0 Å². The fourth-order valence-electron chi connectivity index (χ4n) is 1.74. The van der Waals surface area contributed by atoms with Crippen molar-refractivity contribution in [3.05, 3.63) is 0 Å². The molecule has 1 aliphatic heterocycles. The van der Waals surface area contributed by atoms with Gasteiger partial charge in [0.05, 0.1) is 6.61 Å². The first-order chi connectivity index (χ1) is 5.55. The summed E-state index contributed by atoms with van der Waals surface area (Å²) < 4.78 is 0. The van der Waals surface area contributed by atoms with Gasteiger partial charge in [0, 0.05) is 18.1 Å². The van der Waals surface area contributed by atoms with Gasteiger partial charge >= 0.3 is 0 Å². The molecule has 1 saturated heterocycles. The van der Waals surface area contributed by atoms with Gasteiger partial charge in [-0.3, -0.25) is 4.90 Å². The molecule has 3 nitrogen and oxygen atoms in total. The standard InChI is InChI=1S/C9H20N2O/c1-8-4-3-5-11(8)6-9(2,10)7-12/h8,12H,3-7,10H2,1-2H3. The van der Waals surface area contributed by atoms with E-state index in [0.29, 0.717) is 6.04 Å². The van der Waals surface area contributed by atoms with Crippen LogP contribution < -0.4 is 5.73 Å². The van der Waals surface area contributed by atoms with Crippen LogP contribution in [0.1, 0.15) is 26.7 Å². The van der Waals surface area contributed by atoms with E-state index in [9.17, 15) is 0 Å². The highest BCUT2D eigenvalue weighted by molar-refractivity contribution is 4.86. The van der Waals surface area contributed by atoms with Gasteiger partial charge in [-0.1, -0.05) is 0 Å². The molecule has 1 fully saturated rings. The Kier molecular flexibility index (Phi) is 3.09. The van der Waals surface area contributed by atoms with E-state index >= 15 is 0 Å². The van der Waals surface area contributed by atoms with Crippen molar-refractivity contribution in [2.45, 2.75) is 38.3 Å². The summed E-state index contributed by atoms with van der Waals surface area (Å²) in [5.74, 6) is 0. The average Bonchev–Trinajstić information content (AvgIpc) is 2.36. The van der Waals surface area contributed by atoms with E-state index in [0.717, 1.165) is 13.1 Å². The van der Waals surface area contributed by atoms with Crippen LogP contribution in [-0.2, 0) is 0 Å². The number of nitrogens with two attached hydrogens (primary N) is 1. The second-order valence-corrected chi connectivity index (χ2v) is 4.27. The van der Waals surface area contributed by atoms with E-state index in [1.165, 1.54) is 12.8 Å². The number of nitrogens with zero attached hydrogens (tertiary/aromatic N) is 1. The SMILES string of the molecule is CC1CCCN1CC(C)(N)CO. The van der Waals surface area contributed by atoms with Crippen molar-refractivity contribution < 1.29 is 5.11 Å². The molecule has 12 heavy (non-hydrogen) atoms. The number of aliphatic hydroxyl groups is 1. The van der Waals surface area contributed by atoms with Crippen molar-refractivity contribution >= 4 is 0 Å². The predicted molar refractivity (Wildman–Crippen MR) is 49.9 cm³/mol. The summed E-state index contributed by atoms with van der Waals surface area (Å²) in [6, 6.07) is 0.638. The highest BCUT2D eigenvalue weighted by Crippen LogP contribution is 2.18. The number of rotatable bonds is 3. The van der Waals surface area contributed by atoms with Gasteiger partial charge in [-0.2, -0.15) is 0 Å². The second-order valence-electron chi connectivity index (χ2n) is 4.27. The summed E-state index contributed by atoms with van der Waals surface area (Å²) in [6.45, 7) is 6.13. The van der Waals surface area contributed by atoms with Crippen LogP contribution in [0.5, 0.6) is 0 Å². The molecule has 0 amide bonds. The molecule has 0 radical (unpaired) electrons. The zero-order valence-electron chi connectivity index (χ0n) is 8.08. The number of likely N-dealkylation sites (tertiary alicyclic amines) is 1. The third-order valence-corrected chi connectivity index (χ3v) is 2.62. The summed E-state index contributed by atoms with van der Waals surface area (Å²) in [5.41, 5.74) is 5.43. The maximum absolute atomic E-state index is 8.99. The van der Waals surface area contributed by atoms with Crippen molar-refractivity contribution in [2.24, 2.45) is 5.73 Å². The zero-order chi connectivity index (χ0) is 9.19. The fraction of sp³-hybridized carbons (Fsp3) is 1.00.